The van der Waals surface area contributed by atoms with Gasteiger partial charge in [0.25, 0.3) is 0 Å². The summed E-state index contributed by atoms with van der Waals surface area (Å²) in [5.74, 6) is 0.863. The monoisotopic (exact) mass is 560 g/mol. The number of halogens is 3. The summed E-state index contributed by atoms with van der Waals surface area (Å²) in [7, 11) is -1.35. The minimum Gasteiger partial charge on any atom is -0.496 e. The summed E-state index contributed by atoms with van der Waals surface area (Å²) in [6.07, 6.45) is 0.207. The minimum atomic E-state index is -4.49. The molecule has 12 heteroatoms. The summed E-state index contributed by atoms with van der Waals surface area (Å²) < 4.78 is 68.4. The van der Waals surface area contributed by atoms with Gasteiger partial charge in [-0.1, -0.05) is 10.3 Å². The second-order valence-corrected chi connectivity index (χ2v) is 12.0. The van der Waals surface area contributed by atoms with E-state index in [2.05, 4.69) is 32.4 Å². The number of hydrogen-bond acceptors (Lipinski definition) is 6. The van der Waals surface area contributed by atoms with Gasteiger partial charge in [-0.3, -0.25) is 4.90 Å². The van der Waals surface area contributed by atoms with Crippen LogP contribution in [0.4, 0.5) is 24.8 Å². The minimum absolute atomic E-state index is 0.254. The van der Waals surface area contributed by atoms with Gasteiger partial charge in [-0.15, -0.1) is 5.10 Å². The quantitative estimate of drug-likeness (QED) is 0.301. The second-order valence-electron chi connectivity index (χ2n) is 9.65. The lowest BCUT2D eigenvalue weighted by atomic mass is 10.0. The average Bonchev–Trinajstić information content (AvgIpc) is 3.18. The highest BCUT2D eigenvalue weighted by Crippen LogP contribution is 2.38. The van der Waals surface area contributed by atoms with E-state index in [1.807, 2.05) is 6.07 Å². The van der Waals surface area contributed by atoms with Gasteiger partial charge in [-0.2, -0.15) is 22.7 Å². The summed E-state index contributed by atoms with van der Waals surface area (Å²) >= 11 is 0. The molecule has 1 unspecified atom stereocenters. The second kappa shape index (κ2) is 10.6. The van der Waals surface area contributed by atoms with Crippen LogP contribution in [0.15, 0.2) is 54.7 Å². The van der Waals surface area contributed by atoms with Crippen LogP contribution in [-0.2, 0) is 33.4 Å². The van der Waals surface area contributed by atoms with Gasteiger partial charge in [0.05, 0.1) is 12.7 Å². The highest BCUT2D eigenvalue weighted by molar-refractivity contribution is 7.97. The van der Waals surface area contributed by atoms with Crippen molar-refractivity contribution in [2.24, 2.45) is 0 Å². The number of anilines is 2. The Balaban J connectivity index is 1.39. The normalized spacial score (nSPS) is 15.9. The first-order valence-corrected chi connectivity index (χ1v) is 14.5. The zero-order valence-electron chi connectivity index (χ0n) is 21.5. The Morgan fingerprint density at radius 1 is 1.08 bits per heavy atom. The van der Waals surface area contributed by atoms with Crippen molar-refractivity contribution in [2.45, 2.75) is 19.0 Å². The third kappa shape index (κ3) is 6.23. The van der Waals surface area contributed by atoms with Crippen LogP contribution in [0.5, 0.6) is 5.75 Å². The van der Waals surface area contributed by atoms with E-state index in [9.17, 15) is 21.9 Å². The lowest BCUT2D eigenvalue weighted by Gasteiger charge is -2.18. The summed E-state index contributed by atoms with van der Waals surface area (Å²) in [4.78, 5) is 6.79. The zero-order chi connectivity index (χ0) is 27.8. The van der Waals surface area contributed by atoms with E-state index in [0.717, 1.165) is 43.8 Å². The van der Waals surface area contributed by atoms with Gasteiger partial charge in [-0.25, -0.2) is 4.52 Å². The van der Waals surface area contributed by atoms with Crippen LogP contribution in [0.25, 0.3) is 16.8 Å². The predicted molar refractivity (Wildman–Crippen MR) is 145 cm³/mol. The molecule has 4 aromatic rings. The Kier molecular flexibility index (Phi) is 7.36. The molecule has 2 N–H and O–H groups in total. The van der Waals surface area contributed by atoms with Crippen LogP contribution in [0, 0.1) is 0 Å². The lowest BCUT2D eigenvalue weighted by Crippen LogP contribution is -2.32. The third-order valence-corrected chi connectivity index (χ3v) is 7.76. The number of pyridine rings is 1. The molecule has 3 heterocycles. The van der Waals surface area contributed by atoms with Gasteiger partial charge in [0.15, 0.2) is 11.4 Å². The van der Waals surface area contributed by atoms with Gasteiger partial charge >= 0.3 is 6.18 Å². The molecule has 5 rings (SSSR count). The number of nitrogens with one attached hydrogen (secondary N) is 1. The van der Waals surface area contributed by atoms with Crippen molar-refractivity contribution in [1.29, 1.82) is 0 Å². The molecule has 0 amide bonds. The molecule has 206 valence electrons. The van der Waals surface area contributed by atoms with Crippen molar-refractivity contribution in [2.75, 3.05) is 44.1 Å². The van der Waals surface area contributed by atoms with E-state index in [0.29, 0.717) is 29.5 Å². The number of rotatable bonds is 7. The molecule has 8 nitrogen and oxygen atoms in total. The smallest absolute Gasteiger partial charge is 0.416 e. The van der Waals surface area contributed by atoms with Crippen LogP contribution in [0.2, 0.25) is 0 Å². The fraction of sp³-hybridized carbons (Fsp3) is 0.333. The molecule has 0 aliphatic carbocycles. The first-order valence-electron chi connectivity index (χ1n) is 12.4. The largest absolute Gasteiger partial charge is 0.496 e. The zero-order valence-corrected chi connectivity index (χ0v) is 22.3. The van der Waals surface area contributed by atoms with E-state index in [-0.39, 0.29) is 11.3 Å². The molecule has 0 radical (unpaired) electrons. The fourth-order valence-electron chi connectivity index (χ4n) is 4.76. The van der Waals surface area contributed by atoms with Gasteiger partial charge < -0.3 is 10.1 Å². The average molecular weight is 561 g/mol. The first kappa shape index (κ1) is 27.1. The van der Waals surface area contributed by atoms with E-state index < -0.39 is 22.0 Å². The van der Waals surface area contributed by atoms with E-state index in [1.165, 1.54) is 35.1 Å². The Labute approximate surface area is 225 Å². The predicted octanol–water partition coefficient (Wildman–Crippen LogP) is 5.17. The van der Waals surface area contributed by atoms with Crippen LogP contribution in [0.3, 0.4) is 0 Å². The van der Waals surface area contributed by atoms with Gasteiger partial charge in [0.1, 0.15) is 12.0 Å². The number of benzene rings is 2. The fourth-order valence-corrected chi connectivity index (χ4v) is 5.36. The van der Waals surface area contributed by atoms with Crippen molar-refractivity contribution in [3.63, 3.8) is 0 Å². The molecule has 2 aromatic heterocycles. The number of hydrogen-bond donors (Lipinski definition) is 2. The van der Waals surface area contributed by atoms with Crippen LogP contribution in [0.1, 0.15) is 16.7 Å². The SMILES string of the molecule is COc1ccc(C(F)(F)F)cc1-c1cccn2nc(Nc3ccc4c(c3)CCN(CC[S+](C)(=O)O)CC4)nc12. The number of ether oxygens (including phenoxy) is 1. The molecule has 2 aromatic carbocycles. The maximum absolute atomic E-state index is 13.4. The Morgan fingerprint density at radius 3 is 2.56 bits per heavy atom. The van der Waals surface area contributed by atoms with E-state index in [1.54, 1.807) is 18.3 Å². The Hall–Kier alpha value is -3.48. The van der Waals surface area contributed by atoms with Crippen LogP contribution < -0.4 is 10.1 Å². The molecule has 39 heavy (non-hydrogen) atoms. The van der Waals surface area contributed by atoms with Crippen molar-refractivity contribution < 1.29 is 26.7 Å². The number of aromatic nitrogens is 3. The molecular formula is C27H29F3N5O3S+. The summed E-state index contributed by atoms with van der Waals surface area (Å²) in [6.45, 7) is 2.20. The summed E-state index contributed by atoms with van der Waals surface area (Å²) in [5.41, 5.74) is 3.55. The van der Waals surface area contributed by atoms with Crippen molar-refractivity contribution >= 4 is 27.5 Å². The van der Waals surface area contributed by atoms with Crippen LogP contribution >= 0.6 is 0 Å². The molecule has 1 atom stereocenters. The van der Waals surface area contributed by atoms with E-state index in [4.69, 9.17) is 4.74 Å². The number of methoxy groups -OCH3 is 1. The Morgan fingerprint density at radius 2 is 1.85 bits per heavy atom. The molecule has 0 bridgehead atoms. The molecule has 0 saturated heterocycles. The highest BCUT2D eigenvalue weighted by Gasteiger charge is 2.31. The summed E-state index contributed by atoms with van der Waals surface area (Å²) in [6, 6.07) is 12.8. The maximum atomic E-state index is 13.4. The number of alkyl halides is 3. The molecule has 0 fully saturated rings. The van der Waals surface area contributed by atoms with Gasteiger partial charge in [0.2, 0.25) is 16.2 Å². The maximum Gasteiger partial charge on any atom is 0.416 e. The van der Waals surface area contributed by atoms with Crippen molar-refractivity contribution in [3.8, 4) is 16.9 Å². The van der Waals surface area contributed by atoms with E-state index >= 15 is 0 Å². The molecule has 0 saturated carbocycles. The lowest BCUT2D eigenvalue weighted by molar-refractivity contribution is -0.137. The standard InChI is InChI=1S/C27H28F3N5O3S/c1-38-24-8-6-20(27(28,29)30)17-23(24)22-4-3-11-35-25(22)32-26(33-35)31-21-7-5-18-9-12-34(13-10-19(18)16-21)14-15-39(2,36)37/h3-8,11,16-17H,9-10,12-15H2,1-2H3,(H-,31,33,36,37)/p+1. The number of fused-ring (bicyclic) bond motifs is 2. The van der Waals surface area contributed by atoms with Gasteiger partial charge in [-0.05, 0) is 66.4 Å². The van der Waals surface area contributed by atoms with Crippen LogP contribution in [-0.4, -0.2) is 62.8 Å². The van der Waals surface area contributed by atoms with Gasteiger partial charge in [0, 0.05) is 42.6 Å². The topological polar surface area (TPSA) is 92.0 Å². The molecular weight excluding hydrogens is 531 g/mol. The first-order chi connectivity index (χ1) is 18.5. The molecule has 0 spiro atoms. The third-order valence-electron chi connectivity index (χ3n) is 6.82. The Bertz CT molecular complexity index is 1550. The molecule has 1 aliphatic heterocycles. The highest BCUT2D eigenvalue weighted by atomic mass is 32.3. The van der Waals surface area contributed by atoms with Crippen molar-refractivity contribution in [1.82, 2.24) is 19.5 Å². The molecule has 1 aliphatic rings. The summed E-state index contributed by atoms with van der Waals surface area (Å²) in [5, 5.41) is 7.71. The van der Waals surface area contributed by atoms with Crippen molar-refractivity contribution in [3.05, 3.63) is 71.4 Å². The number of nitrogens with zero attached hydrogens (tertiary/aromatic N) is 4.